The molecule has 0 spiro atoms. The first-order valence-electron chi connectivity index (χ1n) is 4.97. The Morgan fingerprint density at radius 1 is 1.25 bits per heavy atom. The molecule has 2 aromatic rings. The van der Waals surface area contributed by atoms with Crippen LogP contribution in [0.1, 0.15) is 0 Å². The van der Waals surface area contributed by atoms with Gasteiger partial charge in [0.15, 0.2) is 0 Å². The van der Waals surface area contributed by atoms with E-state index < -0.39 is 21.4 Å². The molecule has 20 heavy (non-hydrogen) atoms. The van der Waals surface area contributed by atoms with E-state index in [0.29, 0.717) is 0 Å². The molecule has 0 bridgehead atoms. The quantitative estimate of drug-likeness (QED) is 0.494. The fraction of sp³-hybridized carbons (Fsp3) is 0.100. The van der Waals surface area contributed by atoms with Crippen LogP contribution >= 0.6 is 0 Å². The van der Waals surface area contributed by atoms with Gasteiger partial charge in [-0.05, 0) is 17.3 Å². The molecule has 0 saturated carbocycles. The molecule has 2 rings (SSSR count). The van der Waals surface area contributed by atoms with E-state index >= 15 is 0 Å². The van der Waals surface area contributed by atoms with Gasteiger partial charge < -0.3 is 4.18 Å². The van der Waals surface area contributed by atoms with Gasteiger partial charge in [0, 0.05) is 17.6 Å². The van der Waals surface area contributed by atoms with Crippen LogP contribution in [-0.2, 0) is 10.1 Å². The van der Waals surface area contributed by atoms with Crippen LogP contribution in [0, 0.1) is 4.91 Å². The minimum atomic E-state index is -5.81. The summed E-state index contributed by atoms with van der Waals surface area (Å²) < 4.78 is 62.3. The molecule has 10 heteroatoms. The number of nitroso groups, excluding NO2 is 1. The molecular formula is C10H5F3N2O4S. The highest BCUT2D eigenvalue weighted by molar-refractivity contribution is 7.88. The topological polar surface area (TPSA) is 85.7 Å². The van der Waals surface area contributed by atoms with Crippen molar-refractivity contribution in [1.82, 2.24) is 4.98 Å². The molecule has 106 valence electrons. The molecule has 1 aromatic carbocycles. The van der Waals surface area contributed by atoms with Crippen LogP contribution in [0.3, 0.4) is 0 Å². The van der Waals surface area contributed by atoms with Crippen molar-refractivity contribution in [2.45, 2.75) is 5.51 Å². The number of nitrogens with zero attached hydrogens (tertiary/aromatic N) is 2. The predicted octanol–water partition coefficient (Wildman–Crippen LogP) is 2.86. The van der Waals surface area contributed by atoms with Crippen molar-refractivity contribution < 1.29 is 25.8 Å². The summed E-state index contributed by atoms with van der Waals surface area (Å²) in [6, 6.07) is 4.66. The minimum absolute atomic E-state index is 0.124. The fourth-order valence-electron chi connectivity index (χ4n) is 1.44. The SMILES string of the molecule is O=Nc1cc(OS(=O)(=O)C(F)(F)F)cc2cccnc12. The summed E-state index contributed by atoms with van der Waals surface area (Å²) >= 11 is 0. The number of halogens is 3. The average Bonchev–Trinajstić information content (AvgIpc) is 2.36. The Morgan fingerprint density at radius 3 is 2.55 bits per heavy atom. The Morgan fingerprint density at radius 2 is 1.95 bits per heavy atom. The van der Waals surface area contributed by atoms with E-state index in [1.54, 1.807) is 0 Å². The lowest BCUT2D eigenvalue weighted by Crippen LogP contribution is -2.28. The van der Waals surface area contributed by atoms with Crippen LogP contribution in [0.25, 0.3) is 10.9 Å². The van der Waals surface area contributed by atoms with E-state index in [1.807, 2.05) is 0 Å². The molecule has 1 aromatic heterocycles. The van der Waals surface area contributed by atoms with Crippen LogP contribution in [-0.4, -0.2) is 18.9 Å². The monoisotopic (exact) mass is 306 g/mol. The largest absolute Gasteiger partial charge is 0.534 e. The minimum Gasteiger partial charge on any atom is -0.376 e. The lowest BCUT2D eigenvalue weighted by Gasteiger charge is -2.10. The molecule has 0 aliphatic heterocycles. The second-order valence-electron chi connectivity index (χ2n) is 3.59. The molecule has 0 atom stereocenters. The molecule has 0 N–H and O–H groups in total. The van der Waals surface area contributed by atoms with E-state index in [4.69, 9.17) is 0 Å². The van der Waals surface area contributed by atoms with Gasteiger partial charge in [-0.25, -0.2) is 0 Å². The van der Waals surface area contributed by atoms with E-state index in [2.05, 4.69) is 14.3 Å². The summed E-state index contributed by atoms with van der Waals surface area (Å²) in [6.45, 7) is 0. The maximum atomic E-state index is 12.2. The summed E-state index contributed by atoms with van der Waals surface area (Å²) in [5.74, 6) is -0.669. The number of rotatable bonds is 3. The zero-order valence-electron chi connectivity index (χ0n) is 9.46. The first-order valence-corrected chi connectivity index (χ1v) is 6.38. The van der Waals surface area contributed by atoms with Crippen LogP contribution in [0.5, 0.6) is 5.75 Å². The van der Waals surface area contributed by atoms with Gasteiger partial charge in [0.25, 0.3) is 0 Å². The highest BCUT2D eigenvalue weighted by Crippen LogP contribution is 2.33. The van der Waals surface area contributed by atoms with Gasteiger partial charge in [0.2, 0.25) is 0 Å². The maximum absolute atomic E-state index is 12.2. The normalized spacial score (nSPS) is 12.3. The third kappa shape index (κ3) is 2.54. The van der Waals surface area contributed by atoms with E-state index in [-0.39, 0.29) is 16.6 Å². The summed E-state index contributed by atoms with van der Waals surface area (Å²) in [6.07, 6.45) is 1.35. The second-order valence-corrected chi connectivity index (χ2v) is 5.13. The standard InChI is InChI=1S/C10H5F3N2O4S/c11-10(12,13)20(17,18)19-7-4-6-2-1-3-14-9(6)8(5-7)15-16/h1-5H. The van der Waals surface area contributed by atoms with E-state index in [1.165, 1.54) is 18.3 Å². The summed E-state index contributed by atoms with van der Waals surface area (Å²) in [5, 5.41) is 2.80. The number of fused-ring (bicyclic) bond motifs is 1. The van der Waals surface area contributed by atoms with Crippen molar-refractivity contribution in [3.63, 3.8) is 0 Å². The molecule has 0 aliphatic rings. The summed E-state index contributed by atoms with van der Waals surface area (Å²) in [4.78, 5) is 14.4. The second kappa shape index (κ2) is 4.71. The van der Waals surface area contributed by atoms with Crippen molar-refractivity contribution in [3.8, 4) is 5.75 Å². The maximum Gasteiger partial charge on any atom is 0.534 e. The predicted molar refractivity (Wildman–Crippen MR) is 62.8 cm³/mol. The van der Waals surface area contributed by atoms with Gasteiger partial charge >= 0.3 is 15.6 Å². The lowest BCUT2D eigenvalue weighted by atomic mass is 10.2. The number of alkyl halides is 3. The third-order valence-electron chi connectivity index (χ3n) is 2.25. The molecule has 1 heterocycles. The Bertz CT molecular complexity index is 774. The van der Waals surface area contributed by atoms with Crippen LogP contribution in [0.2, 0.25) is 0 Å². The van der Waals surface area contributed by atoms with Crippen molar-refractivity contribution >= 4 is 26.7 Å². The number of aromatic nitrogens is 1. The summed E-state index contributed by atoms with van der Waals surface area (Å²) in [7, 11) is -5.81. The molecular weight excluding hydrogens is 301 g/mol. The molecule has 0 fully saturated rings. The van der Waals surface area contributed by atoms with E-state index in [9.17, 15) is 26.5 Å². The molecule has 6 nitrogen and oxygen atoms in total. The lowest BCUT2D eigenvalue weighted by molar-refractivity contribution is -0.0500. The van der Waals surface area contributed by atoms with Crippen molar-refractivity contribution in [1.29, 1.82) is 0 Å². The number of benzene rings is 1. The Kier molecular flexibility index (Phi) is 3.34. The first kappa shape index (κ1) is 14.2. The van der Waals surface area contributed by atoms with Crippen LogP contribution in [0.15, 0.2) is 35.6 Å². The number of pyridine rings is 1. The molecule has 0 radical (unpaired) electrons. The first-order chi connectivity index (χ1) is 9.24. The van der Waals surface area contributed by atoms with Gasteiger partial charge in [-0.3, -0.25) is 4.98 Å². The Labute approximate surface area is 110 Å². The molecule has 0 aliphatic carbocycles. The number of hydrogen-bond donors (Lipinski definition) is 0. The third-order valence-corrected chi connectivity index (χ3v) is 3.22. The highest BCUT2D eigenvalue weighted by Gasteiger charge is 2.48. The number of hydrogen-bond acceptors (Lipinski definition) is 6. The molecule has 0 saturated heterocycles. The Balaban J connectivity index is 2.55. The zero-order chi connectivity index (χ0) is 15.0. The van der Waals surface area contributed by atoms with Crippen molar-refractivity contribution in [2.75, 3.05) is 0 Å². The van der Waals surface area contributed by atoms with Crippen LogP contribution in [0.4, 0.5) is 18.9 Å². The molecule has 0 unspecified atom stereocenters. The van der Waals surface area contributed by atoms with Crippen molar-refractivity contribution in [2.24, 2.45) is 5.18 Å². The Hall–Kier alpha value is -2.23. The van der Waals surface area contributed by atoms with Crippen molar-refractivity contribution in [3.05, 3.63) is 35.4 Å². The summed E-state index contributed by atoms with van der Waals surface area (Å²) in [5.41, 5.74) is -5.76. The van der Waals surface area contributed by atoms with Gasteiger partial charge in [-0.1, -0.05) is 6.07 Å². The van der Waals surface area contributed by atoms with Gasteiger partial charge in [-0.15, -0.1) is 4.91 Å². The average molecular weight is 306 g/mol. The smallest absolute Gasteiger partial charge is 0.376 e. The van der Waals surface area contributed by atoms with Gasteiger partial charge in [0.05, 0.1) is 5.52 Å². The van der Waals surface area contributed by atoms with E-state index in [0.717, 1.165) is 12.1 Å². The molecule has 0 amide bonds. The fourth-order valence-corrected chi connectivity index (χ4v) is 1.88. The van der Waals surface area contributed by atoms with Gasteiger partial charge in [0.1, 0.15) is 11.4 Å². The van der Waals surface area contributed by atoms with Gasteiger partial charge in [-0.2, -0.15) is 21.6 Å². The van der Waals surface area contributed by atoms with Crippen LogP contribution < -0.4 is 4.18 Å². The highest BCUT2D eigenvalue weighted by atomic mass is 32.2. The zero-order valence-corrected chi connectivity index (χ0v) is 10.3.